The van der Waals surface area contributed by atoms with E-state index in [-0.39, 0.29) is 21.3 Å². The van der Waals surface area contributed by atoms with E-state index in [0.29, 0.717) is 61.5 Å². The molecule has 0 aliphatic carbocycles. The van der Waals surface area contributed by atoms with Crippen molar-refractivity contribution in [2.24, 2.45) is 0 Å². The van der Waals surface area contributed by atoms with Crippen molar-refractivity contribution in [1.29, 1.82) is 0 Å². The molecule has 2 atom stereocenters. The number of carbonyl (C=O) groups is 2. The number of fused-ring (bicyclic) bond motifs is 2. The summed E-state index contributed by atoms with van der Waals surface area (Å²) < 4.78 is 72.0. The number of carboxylic acid groups (broad SMARTS) is 2. The third-order valence-electron chi connectivity index (χ3n) is 12.1. The van der Waals surface area contributed by atoms with Crippen LogP contribution in [0.25, 0.3) is 0 Å². The predicted octanol–water partition coefficient (Wildman–Crippen LogP) is 9.00. The normalized spacial score (nSPS) is 19.5. The van der Waals surface area contributed by atoms with Crippen LogP contribution in [0.5, 0.6) is 11.5 Å². The molecule has 4 N–H and O–H groups in total. The van der Waals surface area contributed by atoms with Crippen molar-refractivity contribution in [2.75, 3.05) is 60.9 Å². The van der Waals surface area contributed by atoms with E-state index in [1.807, 2.05) is 113 Å². The van der Waals surface area contributed by atoms with E-state index in [9.17, 15) is 26.4 Å². The number of ether oxygens (including phenoxy) is 2. The van der Waals surface area contributed by atoms with E-state index in [4.69, 9.17) is 19.7 Å². The molecular formula is C50H66N6O10S2. The highest BCUT2D eigenvalue weighted by atomic mass is 32.2. The molecule has 0 spiro atoms. The summed E-state index contributed by atoms with van der Waals surface area (Å²) in [6.07, 6.45) is 10.2. The van der Waals surface area contributed by atoms with Gasteiger partial charge in [-0.2, -0.15) is 0 Å². The summed E-state index contributed by atoms with van der Waals surface area (Å²) in [6, 6.07) is 26.0. The molecule has 2 aliphatic heterocycles. The molecule has 4 aromatic carbocycles. The van der Waals surface area contributed by atoms with Gasteiger partial charge in [-0.3, -0.25) is 0 Å². The van der Waals surface area contributed by atoms with Crippen LogP contribution < -0.4 is 38.5 Å². The van der Waals surface area contributed by atoms with E-state index in [1.165, 1.54) is 12.1 Å². The number of nitrogens with zero attached hydrogens (tertiary/aromatic N) is 4. The monoisotopic (exact) mass is 974 g/mol. The molecule has 0 fully saturated rings. The summed E-state index contributed by atoms with van der Waals surface area (Å²) in [4.78, 5) is 29.7. The summed E-state index contributed by atoms with van der Waals surface area (Å²) in [6.45, 7) is 9.16. The quantitative estimate of drug-likeness (QED) is 0.0544. The Balaban J connectivity index is 0.000000254. The van der Waals surface area contributed by atoms with Gasteiger partial charge >= 0.3 is 11.9 Å². The van der Waals surface area contributed by atoms with Crippen LogP contribution >= 0.6 is 0 Å². The van der Waals surface area contributed by atoms with E-state index < -0.39 is 43.1 Å². The summed E-state index contributed by atoms with van der Waals surface area (Å²) in [5.74, 6) is -1.82. The minimum Gasteiger partial charge on any atom is -0.478 e. The third-order valence-corrected chi connectivity index (χ3v) is 15.4. The fraction of sp³-hybridized carbons (Fsp3) is 0.400. The first-order valence-electron chi connectivity index (χ1n) is 22.8. The highest BCUT2D eigenvalue weighted by molar-refractivity contribution is 7.90. The number of sulfonamides is 2. The Hall–Kier alpha value is -6.08. The molecule has 6 rings (SSSR count). The Morgan fingerprint density at radius 3 is 1.26 bits per heavy atom. The number of nitrogens with one attached hydrogen (secondary N) is 2. The number of hydrogen-bond donors (Lipinski definition) is 4. The minimum absolute atomic E-state index is 0.0903. The van der Waals surface area contributed by atoms with Crippen molar-refractivity contribution < 1.29 is 46.1 Å². The molecule has 16 nitrogen and oxygen atoms in total. The molecule has 0 radical (unpaired) electrons. The first-order chi connectivity index (χ1) is 32.2. The van der Waals surface area contributed by atoms with Crippen molar-refractivity contribution >= 4 is 66.1 Å². The topological polar surface area (TPSA) is 198 Å². The van der Waals surface area contributed by atoms with Gasteiger partial charge < -0.3 is 39.3 Å². The second-order valence-corrected chi connectivity index (χ2v) is 20.7. The number of hydrogen-bond acceptors (Lipinski definition) is 12. The molecule has 0 saturated carbocycles. The number of carboxylic acids is 2. The van der Waals surface area contributed by atoms with E-state index in [0.717, 1.165) is 61.7 Å². The highest BCUT2D eigenvalue weighted by Gasteiger charge is 2.43. The zero-order valence-electron chi connectivity index (χ0n) is 40.2. The lowest BCUT2D eigenvalue weighted by molar-refractivity contribution is -0.132. The average Bonchev–Trinajstić information content (AvgIpc) is 3.47. The standard InChI is InChI=1S/2C25H33N3O5S/c2*1-5-7-14-25(6-2)18-28(19-11-9-8-10-12-19)21-16-20(27(3)4)22(33-15-13-24(29)30)17-23(21)34(31,32)26-25/h2*8-13,15-17,26H,5-7,14,18H2,1-4H3,(H,29,30)/b2*15-13+/t2*25-/m10/s1. The molecule has 2 heterocycles. The average molecular weight is 975 g/mol. The Bertz CT molecular complexity index is 2480. The van der Waals surface area contributed by atoms with Crippen LogP contribution in [0.15, 0.2) is 119 Å². The van der Waals surface area contributed by atoms with Crippen molar-refractivity contribution in [3.05, 3.63) is 110 Å². The Kier molecular flexibility index (Phi) is 17.7. The van der Waals surface area contributed by atoms with Gasteiger partial charge in [0.2, 0.25) is 20.0 Å². The Labute approximate surface area is 402 Å². The van der Waals surface area contributed by atoms with Crippen molar-refractivity contribution in [2.45, 2.75) is 99.9 Å². The number of aliphatic carboxylic acids is 2. The van der Waals surface area contributed by atoms with Gasteiger partial charge in [0.25, 0.3) is 0 Å². The highest BCUT2D eigenvalue weighted by Crippen LogP contribution is 2.46. The van der Waals surface area contributed by atoms with Crippen LogP contribution in [0.1, 0.15) is 79.1 Å². The largest absolute Gasteiger partial charge is 0.478 e. The number of unbranched alkanes of at least 4 members (excludes halogenated alkanes) is 2. The van der Waals surface area contributed by atoms with Crippen LogP contribution in [-0.4, -0.2) is 91.3 Å². The Morgan fingerprint density at radius 1 is 0.618 bits per heavy atom. The first kappa shape index (κ1) is 52.9. The molecule has 0 saturated heterocycles. The lowest BCUT2D eigenvalue weighted by atomic mass is 9.89. The van der Waals surface area contributed by atoms with Crippen LogP contribution in [0.3, 0.4) is 0 Å². The van der Waals surface area contributed by atoms with E-state index in [1.54, 1.807) is 12.1 Å². The lowest BCUT2D eigenvalue weighted by Crippen LogP contribution is -2.52. The zero-order chi connectivity index (χ0) is 49.9. The van der Waals surface area contributed by atoms with Crippen molar-refractivity contribution in [1.82, 2.24) is 9.44 Å². The first-order valence-corrected chi connectivity index (χ1v) is 25.8. The fourth-order valence-corrected chi connectivity index (χ4v) is 11.8. The Morgan fingerprint density at radius 2 is 0.971 bits per heavy atom. The maximum atomic E-state index is 13.7. The van der Waals surface area contributed by atoms with Crippen LogP contribution in [0.2, 0.25) is 0 Å². The predicted molar refractivity (Wildman–Crippen MR) is 269 cm³/mol. The van der Waals surface area contributed by atoms with Crippen LogP contribution in [0, 0.1) is 0 Å². The summed E-state index contributed by atoms with van der Waals surface area (Å²) in [7, 11) is -0.522. The molecule has 0 bridgehead atoms. The zero-order valence-corrected chi connectivity index (χ0v) is 41.9. The molecule has 4 aromatic rings. The maximum absolute atomic E-state index is 13.7. The second-order valence-electron chi connectivity index (χ2n) is 17.4. The maximum Gasteiger partial charge on any atom is 0.331 e. The molecule has 18 heteroatoms. The molecule has 368 valence electrons. The lowest BCUT2D eigenvalue weighted by Gasteiger charge is -2.36. The number of benzene rings is 4. The molecule has 0 aromatic heterocycles. The van der Waals surface area contributed by atoms with Gasteiger partial charge in [-0.05, 0) is 62.1 Å². The number of anilines is 6. The summed E-state index contributed by atoms with van der Waals surface area (Å²) in [5, 5.41) is 17.8. The van der Waals surface area contributed by atoms with E-state index >= 15 is 0 Å². The number of para-hydroxylation sites is 2. The van der Waals surface area contributed by atoms with Gasteiger partial charge in [0, 0.05) is 64.8 Å². The third kappa shape index (κ3) is 12.7. The van der Waals surface area contributed by atoms with Crippen LogP contribution in [0.4, 0.5) is 34.1 Å². The van der Waals surface area contributed by atoms with Gasteiger partial charge in [0.15, 0.2) is 11.5 Å². The van der Waals surface area contributed by atoms with Gasteiger partial charge in [0.05, 0.1) is 58.5 Å². The second kappa shape index (κ2) is 22.8. The minimum atomic E-state index is -3.91. The SMILES string of the molecule is CCCC[C@@]1(CC)CN(c2ccccc2)c2cc(N(C)C)c(O/C=C/C(=O)O)cc2S(=O)(=O)N1.CCCC[C@]1(CC)CN(c2ccccc2)c2cc(N(C)C)c(O/C=C/C(=O)O)cc2S(=O)(=O)N1. The van der Waals surface area contributed by atoms with Crippen LogP contribution in [-0.2, 0) is 29.6 Å². The van der Waals surface area contributed by atoms with Gasteiger partial charge in [0.1, 0.15) is 9.79 Å². The molecule has 0 unspecified atom stereocenters. The van der Waals surface area contributed by atoms with Crippen molar-refractivity contribution in [3.63, 3.8) is 0 Å². The van der Waals surface area contributed by atoms with Crippen molar-refractivity contribution in [3.8, 4) is 11.5 Å². The molecule has 0 amide bonds. The summed E-state index contributed by atoms with van der Waals surface area (Å²) >= 11 is 0. The summed E-state index contributed by atoms with van der Waals surface area (Å²) in [5.41, 5.74) is 2.83. The van der Waals surface area contributed by atoms with Gasteiger partial charge in [-0.25, -0.2) is 35.9 Å². The van der Waals surface area contributed by atoms with Gasteiger partial charge in [-0.1, -0.05) is 89.8 Å². The smallest absolute Gasteiger partial charge is 0.331 e. The molecule has 68 heavy (non-hydrogen) atoms. The van der Waals surface area contributed by atoms with E-state index in [2.05, 4.69) is 33.1 Å². The van der Waals surface area contributed by atoms with Gasteiger partial charge in [-0.15, -0.1) is 0 Å². The fourth-order valence-electron chi connectivity index (χ4n) is 8.36. The number of rotatable bonds is 18. The molecule has 2 aliphatic rings. The molecular weight excluding hydrogens is 909 g/mol.